The van der Waals surface area contributed by atoms with E-state index in [0.717, 1.165) is 19.3 Å². The van der Waals surface area contributed by atoms with E-state index < -0.39 is 23.7 Å². The van der Waals surface area contributed by atoms with Crippen molar-refractivity contribution in [3.05, 3.63) is 30.1 Å². The molecule has 4 aliphatic rings. The minimum Gasteiger partial charge on any atom is -0.478 e. The number of hydrogen-bond donors (Lipinski definition) is 3. The van der Waals surface area contributed by atoms with E-state index in [1.807, 2.05) is 0 Å². The zero-order valence-electron chi connectivity index (χ0n) is 17.1. The maximum atomic E-state index is 13.6. The van der Waals surface area contributed by atoms with Crippen LogP contribution in [-0.4, -0.2) is 30.4 Å². The molecule has 8 heteroatoms. The summed E-state index contributed by atoms with van der Waals surface area (Å²) in [6.45, 7) is 1.24. The number of nitrogens with one attached hydrogen (secondary N) is 3. The van der Waals surface area contributed by atoms with E-state index in [9.17, 15) is 18.8 Å². The number of hydrazine groups is 1. The van der Waals surface area contributed by atoms with Gasteiger partial charge in [-0.2, -0.15) is 0 Å². The van der Waals surface area contributed by atoms with Gasteiger partial charge in [0.2, 0.25) is 5.91 Å². The van der Waals surface area contributed by atoms with Crippen molar-refractivity contribution < 1.29 is 23.5 Å². The van der Waals surface area contributed by atoms with Gasteiger partial charge in [-0.3, -0.25) is 25.2 Å². The van der Waals surface area contributed by atoms with E-state index in [1.165, 1.54) is 44.4 Å². The molecular formula is C22H28FN3O4. The fourth-order valence-electron chi connectivity index (χ4n) is 5.80. The van der Waals surface area contributed by atoms with Crippen molar-refractivity contribution in [2.75, 3.05) is 6.54 Å². The average Bonchev–Trinajstić information content (AvgIpc) is 2.70. The highest BCUT2D eigenvalue weighted by atomic mass is 19.1. The summed E-state index contributed by atoms with van der Waals surface area (Å²) in [6, 6.07) is 5.76. The highest BCUT2D eigenvalue weighted by molar-refractivity contribution is 5.89. The number of ether oxygens (including phenoxy) is 1. The molecule has 1 atom stereocenters. The van der Waals surface area contributed by atoms with Crippen LogP contribution in [0.25, 0.3) is 0 Å². The van der Waals surface area contributed by atoms with Crippen LogP contribution in [0.4, 0.5) is 4.39 Å². The predicted octanol–water partition coefficient (Wildman–Crippen LogP) is 2.07. The highest BCUT2D eigenvalue weighted by Gasteiger charge is 2.54. The lowest BCUT2D eigenvalue weighted by Gasteiger charge is -2.55. The molecule has 4 bridgehead atoms. The second kappa shape index (κ2) is 8.24. The molecule has 0 aromatic heterocycles. The van der Waals surface area contributed by atoms with Gasteiger partial charge in [0.15, 0.2) is 17.7 Å². The van der Waals surface area contributed by atoms with Gasteiger partial charge in [0.05, 0.1) is 6.54 Å². The average molecular weight is 417 g/mol. The van der Waals surface area contributed by atoms with Gasteiger partial charge in [0, 0.05) is 5.41 Å². The number of amides is 3. The Bertz CT molecular complexity index is 808. The van der Waals surface area contributed by atoms with Crippen molar-refractivity contribution in [3.8, 4) is 5.75 Å². The number of halogens is 1. The Labute approximate surface area is 175 Å². The van der Waals surface area contributed by atoms with E-state index in [2.05, 4.69) is 16.2 Å². The largest absolute Gasteiger partial charge is 0.478 e. The minimum atomic E-state index is -1.01. The summed E-state index contributed by atoms with van der Waals surface area (Å²) in [5, 5.41) is 2.76. The minimum absolute atomic E-state index is 0.0423. The van der Waals surface area contributed by atoms with E-state index in [-0.39, 0.29) is 23.6 Å². The van der Waals surface area contributed by atoms with Gasteiger partial charge in [0.1, 0.15) is 0 Å². The van der Waals surface area contributed by atoms with Gasteiger partial charge in [-0.1, -0.05) is 12.1 Å². The third kappa shape index (κ3) is 4.27. The van der Waals surface area contributed by atoms with Crippen LogP contribution in [0, 0.1) is 29.0 Å². The lowest BCUT2D eigenvalue weighted by atomic mass is 9.49. The first kappa shape index (κ1) is 20.6. The molecule has 7 nitrogen and oxygen atoms in total. The molecule has 30 heavy (non-hydrogen) atoms. The van der Waals surface area contributed by atoms with Crippen LogP contribution in [0.2, 0.25) is 0 Å². The topological polar surface area (TPSA) is 96.5 Å². The Kier molecular flexibility index (Phi) is 5.66. The summed E-state index contributed by atoms with van der Waals surface area (Å²) in [6.07, 6.45) is 5.49. The monoisotopic (exact) mass is 417 g/mol. The van der Waals surface area contributed by atoms with E-state index in [0.29, 0.717) is 17.8 Å². The summed E-state index contributed by atoms with van der Waals surface area (Å²) >= 11 is 0. The molecule has 3 N–H and O–H groups in total. The Morgan fingerprint density at radius 1 is 1.07 bits per heavy atom. The first-order valence-electron chi connectivity index (χ1n) is 10.6. The van der Waals surface area contributed by atoms with Crippen molar-refractivity contribution in [2.45, 2.75) is 51.6 Å². The molecule has 0 saturated heterocycles. The molecule has 5 rings (SSSR count). The van der Waals surface area contributed by atoms with E-state index in [1.54, 1.807) is 6.07 Å². The van der Waals surface area contributed by atoms with Gasteiger partial charge in [0.25, 0.3) is 11.8 Å². The Morgan fingerprint density at radius 2 is 1.67 bits per heavy atom. The summed E-state index contributed by atoms with van der Waals surface area (Å²) in [5.41, 5.74) is 4.19. The van der Waals surface area contributed by atoms with Gasteiger partial charge >= 0.3 is 0 Å². The number of carbonyl (C=O) groups excluding carboxylic acids is 3. The fraction of sp³-hybridized carbons (Fsp3) is 0.591. The first-order valence-corrected chi connectivity index (χ1v) is 10.6. The van der Waals surface area contributed by atoms with Crippen LogP contribution in [0.15, 0.2) is 24.3 Å². The second-order valence-electron chi connectivity index (χ2n) is 9.11. The molecule has 1 aromatic carbocycles. The van der Waals surface area contributed by atoms with Crippen LogP contribution in [0.3, 0.4) is 0 Å². The molecule has 0 spiro atoms. The number of carbonyl (C=O) groups is 3. The summed E-state index contributed by atoms with van der Waals surface area (Å²) < 4.78 is 18.9. The Hall–Kier alpha value is -2.64. The molecular weight excluding hydrogens is 389 g/mol. The normalized spacial score (nSPS) is 29.7. The van der Waals surface area contributed by atoms with Gasteiger partial charge in [-0.25, -0.2) is 4.39 Å². The molecule has 4 aliphatic carbocycles. The van der Waals surface area contributed by atoms with Crippen LogP contribution >= 0.6 is 0 Å². The first-order chi connectivity index (χ1) is 14.3. The van der Waals surface area contributed by atoms with Crippen molar-refractivity contribution in [1.82, 2.24) is 16.2 Å². The van der Waals surface area contributed by atoms with Crippen LogP contribution in [-0.2, 0) is 14.4 Å². The molecule has 0 aliphatic heterocycles. The molecule has 0 heterocycles. The maximum absolute atomic E-state index is 13.6. The zero-order valence-corrected chi connectivity index (χ0v) is 17.1. The highest BCUT2D eigenvalue weighted by Crippen LogP contribution is 2.60. The van der Waals surface area contributed by atoms with Crippen molar-refractivity contribution >= 4 is 17.7 Å². The van der Waals surface area contributed by atoms with E-state index >= 15 is 0 Å². The Morgan fingerprint density at radius 3 is 2.27 bits per heavy atom. The maximum Gasteiger partial charge on any atom is 0.279 e. The number of hydrogen-bond acceptors (Lipinski definition) is 4. The Balaban J connectivity index is 1.21. The second-order valence-corrected chi connectivity index (χ2v) is 9.11. The van der Waals surface area contributed by atoms with Crippen molar-refractivity contribution in [2.24, 2.45) is 23.2 Å². The van der Waals surface area contributed by atoms with Crippen LogP contribution in [0.5, 0.6) is 5.75 Å². The number of benzene rings is 1. The third-order valence-electron chi connectivity index (χ3n) is 6.76. The molecule has 162 valence electrons. The summed E-state index contributed by atoms with van der Waals surface area (Å²) in [5.74, 6) is 0.115. The van der Waals surface area contributed by atoms with Crippen LogP contribution < -0.4 is 20.9 Å². The molecule has 1 aromatic rings. The van der Waals surface area contributed by atoms with E-state index in [4.69, 9.17) is 4.74 Å². The van der Waals surface area contributed by atoms with Gasteiger partial charge < -0.3 is 10.1 Å². The molecule has 4 saturated carbocycles. The van der Waals surface area contributed by atoms with Gasteiger partial charge in [-0.15, -0.1) is 0 Å². The lowest BCUT2D eigenvalue weighted by Crippen LogP contribution is -2.55. The van der Waals surface area contributed by atoms with Gasteiger partial charge in [-0.05, 0) is 75.3 Å². The summed E-state index contributed by atoms with van der Waals surface area (Å²) in [7, 11) is 0. The quantitative estimate of drug-likeness (QED) is 0.618. The smallest absolute Gasteiger partial charge is 0.279 e. The molecule has 0 radical (unpaired) electrons. The van der Waals surface area contributed by atoms with Crippen LogP contribution in [0.1, 0.15) is 45.4 Å². The number of para-hydroxylation sites is 1. The molecule has 4 fully saturated rings. The molecule has 1 unspecified atom stereocenters. The molecule has 3 amide bonds. The zero-order chi connectivity index (χ0) is 21.3. The SMILES string of the molecule is CC(Oc1ccccc1F)C(=O)NNC(=O)CNC(=O)C12CC3CC(CC(C3)C1)C2. The third-order valence-corrected chi connectivity index (χ3v) is 6.76. The fourth-order valence-corrected chi connectivity index (χ4v) is 5.80. The summed E-state index contributed by atoms with van der Waals surface area (Å²) in [4.78, 5) is 37.0. The lowest BCUT2D eigenvalue weighted by molar-refractivity contribution is -0.147. The predicted molar refractivity (Wildman–Crippen MR) is 106 cm³/mol. The van der Waals surface area contributed by atoms with Crippen molar-refractivity contribution in [1.29, 1.82) is 0 Å². The number of rotatable bonds is 6. The van der Waals surface area contributed by atoms with Crippen molar-refractivity contribution in [3.63, 3.8) is 0 Å². The standard InChI is InChI=1S/C22H28FN3O4/c1-13(30-18-5-3-2-4-17(18)23)20(28)26-25-19(27)12-24-21(29)22-9-14-6-15(10-22)8-16(7-14)11-22/h2-5,13-16H,6-12H2,1H3,(H,24,29)(H,25,27)(H,26,28).